The third kappa shape index (κ3) is 4.57. The van der Waals surface area contributed by atoms with Crippen molar-refractivity contribution in [3.8, 4) is 5.75 Å². The summed E-state index contributed by atoms with van der Waals surface area (Å²) in [5.41, 5.74) is 2.93. The number of hydrogen-bond donors (Lipinski definition) is 0. The Morgan fingerprint density at radius 3 is 2.85 bits per heavy atom. The summed E-state index contributed by atoms with van der Waals surface area (Å²) in [5.74, 6) is 0.855. The number of methoxy groups -OCH3 is 1. The summed E-state index contributed by atoms with van der Waals surface area (Å²) in [5, 5.41) is 0. The largest absolute Gasteiger partial charge is 0.497 e. The molecule has 2 aromatic carbocycles. The van der Waals surface area contributed by atoms with E-state index in [0.29, 0.717) is 13.1 Å². The molecule has 0 saturated carbocycles. The number of nitrogens with zero attached hydrogens (tertiary/aromatic N) is 1. The number of ether oxygens (including phenoxy) is 2. The van der Waals surface area contributed by atoms with E-state index in [2.05, 4.69) is 22.6 Å². The summed E-state index contributed by atoms with van der Waals surface area (Å²) in [7, 11) is 1.66. The minimum absolute atomic E-state index is 0.0522. The van der Waals surface area contributed by atoms with Crippen LogP contribution in [0.3, 0.4) is 0 Å². The zero-order valence-electron chi connectivity index (χ0n) is 15.2. The summed E-state index contributed by atoms with van der Waals surface area (Å²) >= 11 is 2.26. The number of carbonyl (C=O) groups is 1. The highest BCUT2D eigenvalue weighted by Crippen LogP contribution is 2.22. The van der Waals surface area contributed by atoms with Crippen LogP contribution in [0.4, 0.5) is 0 Å². The first-order valence-corrected chi connectivity index (χ1v) is 9.95. The van der Waals surface area contributed by atoms with Crippen LogP contribution in [0.25, 0.3) is 0 Å². The van der Waals surface area contributed by atoms with E-state index in [0.717, 1.165) is 45.5 Å². The molecule has 0 aliphatic carbocycles. The molecule has 138 valence electrons. The van der Waals surface area contributed by atoms with Crippen LogP contribution in [0, 0.1) is 10.5 Å². The Morgan fingerprint density at radius 1 is 1.31 bits per heavy atom. The zero-order chi connectivity index (χ0) is 18.5. The lowest BCUT2D eigenvalue weighted by Crippen LogP contribution is -2.37. The fraction of sp³-hybridized carbons (Fsp3) is 0.381. The molecular weight excluding hydrogens is 441 g/mol. The fourth-order valence-electron chi connectivity index (χ4n) is 3.23. The summed E-state index contributed by atoms with van der Waals surface area (Å²) in [6.45, 7) is 3.97. The molecule has 1 unspecified atom stereocenters. The van der Waals surface area contributed by atoms with E-state index in [1.165, 1.54) is 0 Å². The van der Waals surface area contributed by atoms with Crippen LogP contribution in [-0.2, 0) is 11.3 Å². The van der Waals surface area contributed by atoms with Gasteiger partial charge in [0.2, 0.25) is 0 Å². The van der Waals surface area contributed by atoms with E-state index in [9.17, 15) is 4.79 Å². The summed E-state index contributed by atoms with van der Waals surface area (Å²) < 4.78 is 12.1. The van der Waals surface area contributed by atoms with Crippen LogP contribution < -0.4 is 4.74 Å². The van der Waals surface area contributed by atoms with Gasteiger partial charge in [-0.25, -0.2) is 0 Å². The first-order chi connectivity index (χ1) is 12.6. The number of halogens is 1. The second-order valence-corrected chi connectivity index (χ2v) is 7.69. The highest BCUT2D eigenvalue weighted by molar-refractivity contribution is 14.1. The second kappa shape index (κ2) is 8.86. The molecule has 0 N–H and O–H groups in total. The third-order valence-electron chi connectivity index (χ3n) is 4.67. The Hall–Kier alpha value is -1.60. The quantitative estimate of drug-likeness (QED) is 0.593. The average molecular weight is 465 g/mol. The monoisotopic (exact) mass is 465 g/mol. The maximum Gasteiger partial charge on any atom is 0.255 e. The van der Waals surface area contributed by atoms with Gasteiger partial charge < -0.3 is 14.4 Å². The van der Waals surface area contributed by atoms with Crippen molar-refractivity contribution in [3.63, 3.8) is 0 Å². The van der Waals surface area contributed by atoms with Crippen molar-refractivity contribution in [1.29, 1.82) is 0 Å². The number of aryl methyl sites for hydroxylation is 1. The molecule has 0 radical (unpaired) electrons. The number of benzene rings is 2. The molecule has 0 bridgehead atoms. The molecule has 26 heavy (non-hydrogen) atoms. The Bertz CT molecular complexity index is 772. The zero-order valence-corrected chi connectivity index (χ0v) is 17.4. The molecule has 1 amide bonds. The van der Waals surface area contributed by atoms with Gasteiger partial charge in [0.1, 0.15) is 5.75 Å². The van der Waals surface area contributed by atoms with Gasteiger partial charge in [-0.1, -0.05) is 24.3 Å². The standard InChI is InChI=1S/C21H24INO3/c1-15-6-3-10-19(20(15)22)21(24)23(14-18-9-5-11-26-18)13-16-7-4-8-17(12-16)25-2/h3-4,6-8,10,12,18H,5,9,11,13-14H2,1-2H3. The summed E-state index contributed by atoms with van der Waals surface area (Å²) in [4.78, 5) is 15.2. The minimum Gasteiger partial charge on any atom is -0.497 e. The van der Waals surface area contributed by atoms with Crippen molar-refractivity contribution in [2.75, 3.05) is 20.3 Å². The molecule has 1 heterocycles. The van der Waals surface area contributed by atoms with Crippen molar-refractivity contribution in [2.45, 2.75) is 32.4 Å². The first-order valence-electron chi connectivity index (χ1n) is 8.87. The molecule has 3 rings (SSSR count). The Balaban J connectivity index is 1.86. The number of amides is 1. The van der Waals surface area contributed by atoms with Crippen LogP contribution >= 0.6 is 22.6 Å². The summed E-state index contributed by atoms with van der Waals surface area (Å²) in [6, 6.07) is 13.8. The van der Waals surface area contributed by atoms with Gasteiger partial charge in [0.05, 0.1) is 18.8 Å². The molecule has 1 atom stereocenters. The van der Waals surface area contributed by atoms with E-state index in [1.54, 1.807) is 7.11 Å². The highest BCUT2D eigenvalue weighted by atomic mass is 127. The SMILES string of the molecule is COc1cccc(CN(CC2CCCO2)C(=O)c2cccc(C)c2I)c1. The molecule has 4 nitrogen and oxygen atoms in total. The predicted octanol–water partition coefficient (Wildman–Crippen LogP) is 4.43. The summed E-state index contributed by atoms with van der Waals surface area (Å²) in [6.07, 6.45) is 2.19. The normalized spacial score (nSPS) is 16.5. The van der Waals surface area contributed by atoms with Crippen molar-refractivity contribution in [1.82, 2.24) is 4.90 Å². The van der Waals surface area contributed by atoms with E-state index in [-0.39, 0.29) is 12.0 Å². The lowest BCUT2D eigenvalue weighted by molar-refractivity contribution is 0.0506. The lowest BCUT2D eigenvalue weighted by atomic mass is 10.1. The third-order valence-corrected chi connectivity index (χ3v) is 6.10. The molecule has 0 aromatic heterocycles. The molecular formula is C21H24INO3. The number of hydrogen-bond acceptors (Lipinski definition) is 3. The number of carbonyl (C=O) groups excluding carboxylic acids is 1. The van der Waals surface area contributed by atoms with Gasteiger partial charge in [-0.3, -0.25) is 4.79 Å². The van der Waals surface area contributed by atoms with Gasteiger partial charge in [0, 0.05) is 23.3 Å². The Kier molecular flexibility index (Phi) is 6.53. The van der Waals surface area contributed by atoms with Gasteiger partial charge in [0.25, 0.3) is 5.91 Å². The van der Waals surface area contributed by atoms with Crippen LogP contribution in [0.2, 0.25) is 0 Å². The van der Waals surface area contributed by atoms with Crippen LogP contribution in [-0.4, -0.2) is 37.2 Å². The molecule has 0 spiro atoms. The molecule has 1 aliphatic heterocycles. The maximum atomic E-state index is 13.3. The van der Waals surface area contributed by atoms with E-state index >= 15 is 0 Å². The van der Waals surface area contributed by atoms with Crippen LogP contribution in [0.5, 0.6) is 5.75 Å². The second-order valence-electron chi connectivity index (χ2n) is 6.61. The Morgan fingerprint density at radius 2 is 2.12 bits per heavy atom. The van der Waals surface area contributed by atoms with Gasteiger partial charge in [-0.15, -0.1) is 0 Å². The van der Waals surface area contributed by atoms with Gasteiger partial charge in [0.15, 0.2) is 0 Å². The topological polar surface area (TPSA) is 38.8 Å². The van der Waals surface area contributed by atoms with Crippen molar-refractivity contribution < 1.29 is 14.3 Å². The smallest absolute Gasteiger partial charge is 0.255 e. The van der Waals surface area contributed by atoms with E-state index < -0.39 is 0 Å². The molecule has 1 saturated heterocycles. The molecule has 1 aliphatic rings. The van der Waals surface area contributed by atoms with Gasteiger partial charge >= 0.3 is 0 Å². The maximum absolute atomic E-state index is 13.3. The van der Waals surface area contributed by atoms with E-state index in [1.807, 2.05) is 54.3 Å². The van der Waals surface area contributed by atoms with Crippen LogP contribution in [0.1, 0.15) is 34.3 Å². The van der Waals surface area contributed by atoms with Crippen molar-refractivity contribution in [3.05, 3.63) is 62.7 Å². The number of rotatable bonds is 6. The van der Waals surface area contributed by atoms with Gasteiger partial charge in [-0.05, 0) is 71.7 Å². The Labute approximate surface area is 168 Å². The van der Waals surface area contributed by atoms with Crippen LogP contribution in [0.15, 0.2) is 42.5 Å². The highest BCUT2D eigenvalue weighted by Gasteiger charge is 2.25. The molecule has 2 aromatic rings. The fourth-order valence-corrected chi connectivity index (χ4v) is 3.82. The first kappa shape index (κ1) is 19.2. The predicted molar refractivity (Wildman–Crippen MR) is 111 cm³/mol. The molecule has 1 fully saturated rings. The molecule has 5 heteroatoms. The lowest BCUT2D eigenvalue weighted by Gasteiger charge is -2.26. The van der Waals surface area contributed by atoms with Gasteiger partial charge in [-0.2, -0.15) is 0 Å². The van der Waals surface area contributed by atoms with Crippen molar-refractivity contribution >= 4 is 28.5 Å². The van der Waals surface area contributed by atoms with E-state index in [4.69, 9.17) is 9.47 Å². The average Bonchev–Trinajstić information content (AvgIpc) is 3.16. The van der Waals surface area contributed by atoms with Crippen molar-refractivity contribution in [2.24, 2.45) is 0 Å². The minimum atomic E-state index is 0.0522.